The van der Waals surface area contributed by atoms with Crippen LogP contribution in [0.3, 0.4) is 0 Å². The highest BCUT2D eigenvalue weighted by molar-refractivity contribution is 6.11. The zero-order valence-corrected chi connectivity index (χ0v) is 14.3. The molecule has 0 unspecified atom stereocenters. The van der Waals surface area contributed by atoms with E-state index < -0.39 is 5.41 Å². The van der Waals surface area contributed by atoms with Gasteiger partial charge in [0.25, 0.3) is 0 Å². The van der Waals surface area contributed by atoms with Gasteiger partial charge in [-0.25, -0.2) is 0 Å². The number of nitriles is 1. The summed E-state index contributed by atoms with van der Waals surface area (Å²) >= 11 is 0. The molecule has 0 saturated heterocycles. The summed E-state index contributed by atoms with van der Waals surface area (Å²) in [5.74, 6) is 0.774. The van der Waals surface area contributed by atoms with E-state index in [9.17, 15) is 10.1 Å². The Morgan fingerprint density at radius 1 is 1.20 bits per heavy atom. The van der Waals surface area contributed by atoms with E-state index in [4.69, 9.17) is 4.74 Å². The monoisotopic (exact) mass is 332 g/mol. The van der Waals surface area contributed by atoms with E-state index >= 15 is 0 Å². The summed E-state index contributed by atoms with van der Waals surface area (Å²) < 4.78 is 5.88. The van der Waals surface area contributed by atoms with Crippen LogP contribution in [0.15, 0.2) is 42.5 Å². The van der Waals surface area contributed by atoms with E-state index in [0.717, 1.165) is 42.6 Å². The second kappa shape index (κ2) is 5.93. The molecule has 2 aromatic rings. The van der Waals surface area contributed by atoms with Crippen molar-refractivity contribution >= 4 is 11.6 Å². The number of fused-ring (bicyclic) bond motifs is 4. The maximum Gasteiger partial charge on any atom is 0.245 e. The van der Waals surface area contributed by atoms with Gasteiger partial charge in [0.2, 0.25) is 5.91 Å². The molecule has 0 fully saturated rings. The van der Waals surface area contributed by atoms with Gasteiger partial charge in [0, 0.05) is 17.8 Å². The third-order valence-corrected chi connectivity index (χ3v) is 5.26. The molecular formula is C21H20N2O2. The van der Waals surface area contributed by atoms with Crippen LogP contribution < -0.4 is 9.64 Å². The molecule has 2 aromatic carbocycles. The number of carbonyl (C=O) groups excluding carboxylic acids is 1. The lowest BCUT2D eigenvalue weighted by Gasteiger charge is -2.23. The predicted molar refractivity (Wildman–Crippen MR) is 95.8 cm³/mol. The molecule has 0 bridgehead atoms. The average molecular weight is 332 g/mol. The quantitative estimate of drug-likeness (QED) is 0.801. The Bertz CT molecular complexity index is 884. The highest BCUT2D eigenvalue weighted by atomic mass is 16.5. The van der Waals surface area contributed by atoms with Gasteiger partial charge in [0.05, 0.1) is 11.6 Å². The van der Waals surface area contributed by atoms with Crippen molar-refractivity contribution in [2.45, 2.75) is 31.6 Å². The molecule has 2 aliphatic rings. The SMILES string of the molecule is CCCCCN1C(=O)[C@]2(COc3ccc(C#N)cc32)c2ccccc21. The highest BCUT2D eigenvalue weighted by Crippen LogP contribution is 2.52. The Hall–Kier alpha value is -2.80. The van der Waals surface area contributed by atoms with Crippen molar-refractivity contribution in [2.75, 3.05) is 18.1 Å². The van der Waals surface area contributed by atoms with E-state index in [1.807, 2.05) is 35.2 Å². The molecule has 25 heavy (non-hydrogen) atoms. The molecule has 4 heteroatoms. The Morgan fingerprint density at radius 2 is 2.04 bits per heavy atom. The van der Waals surface area contributed by atoms with Crippen LogP contribution in [0.2, 0.25) is 0 Å². The number of hydrogen-bond acceptors (Lipinski definition) is 3. The van der Waals surface area contributed by atoms with Crippen LogP contribution in [0.1, 0.15) is 42.9 Å². The van der Waals surface area contributed by atoms with E-state index in [1.165, 1.54) is 0 Å². The Morgan fingerprint density at radius 3 is 2.84 bits per heavy atom. The number of ether oxygens (including phenoxy) is 1. The van der Waals surface area contributed by atoms with Crippen molar-refractivity contribution in [2.24, 2.45) is 0 Å². The topological polar surface area (TPSA) is 53.3 Å². The maximum absolute atomic E-state index is 13.5. The second-order valence-electron chi connectivity index (χ2n) is 6.70. The lowest BCUT2D eigenvalue weighted by molar-refractivity contribution is -0.122. The second-order valence-corrected chi connectivity index (χ2v) is 6.70. The standard InChI is InChI=1S/C21H20N2O2/c1-2-3-6-11-23-18-8-5-4-7-16(18)21(20(23)24)14-25-19-10-9-15(13-22)12-17(19)21/h4-5,7-10,12H,2-3,6,11,14H2,1H3/t21-/m1/s1. The van der Waals surface area contributed by atoms with Crippen LogP contribution in [0.25, 0.3) is 0 Å². The fourth-order valence-corrected chi connectivity index (χ4v) is 3.99. The fraction of sp³-hybridized carbons (Fsp3) is 0.333. The minimum absolute atomic E-state index is 0.0682. The van der Waals surface area contributed by atoms with Crippen molar-refractivity contribution in [3.63, 3.8) is 0 Å². The number of amides is 1. The molecule has 1 spiro atoms. The molecule has 1 atom stereocenters. The fourth-order valence-electron chi connectivity index (χ4n) is 3.99. The number of unbranched alkanes of at least 4 members (excludes halogenated alkanes) is 2. The van der Waals surface area contributed by atoms with Crippen LogP contribution in [-0.2, 0) is 10.2 Å². The number of hydrogen-bond donors (Lipinski definition) is 0. The first-order valence-electron chi connectivity index (χ1n) is 8.81. The van der Waals surface area contributed by atoms with Gasteiger partial charge < -0.3 is 9.64 Å². The molecule has 2 heterocycles. The van der Waals surface area contributed by atoms with Crippen LogP contribution >= 0.6 is 0 Å². The molecular weight excluding hydrogens is 312 g/mol. The number of carbonyl (C=O) groups is 1. The molecule has 0 saturated carbocycles. The first-order chi connectivity index (χ1) is 12.2. The van der Waals surface area contributed by atoms with Crippen molar-refractivity contribution in [3.05, 3.63) is 59.2 Å². The number of para-hydroxylation sites is 1. The van der Waals surface area contributed by atoms with Gasteiger partial charge in [0.15, 0.2) is 0 Å². The minimum atomic E-state index is -0.814. The van der Waals surface area contributed by atoms with Gasteiger partial charge in [-0.1, -0.05) is 38.0 Å². The van der Waals surface area contributed by atoms with Gasteiger partial charge in [0.1, 0.15) is 17.8 Å². The predicted octanol–water partition coefficient (Wildman–Crippen LogP) is 3.77. The van der Waals surface area contributed by atoms with Crippen molar-refractivity contribution in [1.82, 2.24) is 0 Å². The van der Waals surface area contributed by atoms with Gasteiger partial charge in [-0.3, -0.25) is 4.79 Å². The summed E-state index contributed by atoms with van der Waals surface area (Å²) in [5, 5.41) is 9.27. The smallest absolute Gasteiger partial charge is 0.245 e. The number of benzene rings is 2. The molecule has 0 aromatic heterocycles. The Labute approximate surface area is 147 Å². The molecule has 4 nitrogen and oxygen atoms in total. The van der Waals surface area contributed by atoms with Crippen LogP contribution in [0.4, 0.5) is 5.69 Å². The van der Waals surface area contributed by atoms with Gasteiger partial charge in [-0.05, 0) is 36.2 Å². The van der Waals surface area contributed by atoms with Gasteiger partial charge in [-0.15, -0.1) is 0 Å². The minimum Gasteiger partial charge on any atom is -0.491 e. The van der Waals surface area contributed by atoms with Crippen LogP contribution in [0.5, 0.6) is 5.75 Å². The van der Waals surface area contributed by atoms with E-state index in [-0.39, 0.29) is 5.91 Å². The largest absolute Gasteiger partial charge is 0.491 e. The first-order valence-corrected chi connectivity index (χ1v) is 8.81. The summed E-state index contributed by atoms with van der Waals surface area (Å²) in [6.45, 7) is 3.18. The zero-order valence-electron chi connectivity index (χ0n) is 14.3. The van der Waals surface area contributed by atoms with E-state index in [2.05, 4.69) is 13.0 Å². The zero-order chi connectivity index (χ0) is 17.4. The Kier molecular flexibility index (Phi) is 3.73. The van der Waals surface area contributed by atoms with Crippen molar-refractivity contribution < 1.29 is 9.53 Å². The molecule has 126 valence electrons. The summed E-state index contributed by atoms with van der Waals surface area (Å²) in [7, 11) is 0. The maximum atomic E-state index is 13.5. The molecule has 0 aliphatic carbocycles. The third kappa shape index (κ3) is 2.16. The summed E-state index contributed by atoms with van der Waals surface area (Å²) in [5.41, 5.74) is 2.53. The molecule has 2 aliphatic heterocycles. The highest BCUT2D eigenvalue weighted by Gasteiger charge is 2.56. The molecule has 0 radical (unpaired) electrons. The van der Waals surface area contributed by atoms with Crippen molar-refractivity contribution in [3.8, 4) is 11.8 Å². The third-order valence-electron chi connectivity index (χ3n) is 5.26. The van der Waals surface area contributed by atoms with Gasteiger partial charge >= 0.3 is 0 Å². The van der Waals surface area contributed by atoms with Crippen molar-refractivity contribution in [1.29, 1.82) is 5.26 Å². The van der Waals surface area contributed by atoms with E-state index in [0.29, 0.717) is 17.9 Å². The Balaban J connectivity index is 1.85. The lowest BCUT2D eigenvalue weighted by atomic mass is 9.76. The summed E-state index contributed by atoms with van der Waals surface area (Å²) in [6.07, 6.45) is 3.20. The number of anilines is 1. The molecule has 4 rings (SSSR count). The molecule has 1 amide bonds. The number of nitrogens with zero attached hydrogens (tertiary/aromatic N) is 2. The van der Waals surface area contributed by atoms with Crippen LogP contribution in [0, 0.1) is 11.3 Å². The van der Waals surface area contributed by atoms with Gasteiger partial charge in [-0.2, -0.15) is 5.26 Å². The summed E-state index contributed by atoms with van der Waals surface area (Å²) in [6, 6.07) is 15.5. The average Bonchev–Trinajstić information content (AvgIpc) is 3.14. The summed E-state index contributed by atoms with van der Waals surface area (Å²) in [4.78, 5) is 15.4. The first kappa shape index (κ1) is 15.7. The van der Waals surface area contributed by atoms with E-state index in [1.54, 1.807) is 12.1 Å². The lowest BCUT2D eigenvalue weighted by Crippen LogP contribution is -2.42. The van der Waals surface area contributed by atoms with Crippen LogP contribution in [-0.4, -0.2) is 19.1 Å². The number of rotatable bonds is 4. The normalized spacial score (nSPS) is 20.3. The molecule has 0 N–H and O–H groups in total.